The third kappa shape index (κ3) is 6.31. The van der Waals surface area contributed by atoms with Gasteiger partial charge in [0.2, 0.25) is 5.91 Å². The number of rotatable bonds is 5. The molecule has 2 heterocycles. The van der Waals surface area contributed by atoms with Crippen LogP contribution in [0.3, 0.4) is 0 Å². The van der Waals surface area contributed by atoms with Crippen LogP contribution in [-0.4, -0.2) is 38.4 Å². The smallest absolute Gasteiger partial charge is 0.408 e. The van der Waals surface area contributed by atoms with Crippen molar-refractivity contribution in [3.63, 3.8) is 0 Å². The van der Waals surface area contributed by atoms with Gasteiger partial charge in [-0.1, -0.05) is 19.8 Å². The van der Waals surface area contributed by atoms with Crippen LogP contribution in [-0.2, 0) is 16.6 Å². The Morgan fingerprint density at radius 1 is 1.21 bits per heavy atom. The van der Waals surface area contributed by atoms with Gasteiger partial charge in [-0.15, -0.1) is 0 Å². The van der Waals surface area contributed by atoms with Gasteiger partial charge >= 0.3 is 6.09 Å². The Morgan fingerprint density at radius 3 is 2.48 bits per heavy atom. The van der Waals surface area contributed by atoms with Gasteiger partial charge in [-0.3, -0.25) is 9.48 Å². The predicted octanol–water partition coefficient (Wildman–Crippen LogP) is 4.01. The maximum absolute atomic E-state index is 13.2. The van der Waals surface area contributed by atoms with Crippen LogP contribution in [0.2, 0.25) is 0 Å². The van der Waals surface area contributed by atoms with E-state index in [1.807, 2.05) is 0 Å². The Kier molecular flexibility index (Phi) is 7.36. The molecule has 9 heteroatoms. The molecule has 1 fully saturated rings. The fraction of sp³-hybridized carbons (Fsp3) is 0.542. The summed E-state index contributed by atoms with van der Waals surface area (Å²) in [5, 5.41) is 19.0. The van der Waals surface area contributed by atoms with Gasteiger partial charge in [-0.2, -0.15) is 10.4 Å². The van der Waals surface area contributed by atoms with Crippen LogP contribution in [0.5, 0.6) is 0 Å². The summed E-state index contributed by atoms with van der Waals surface area (Å²) in [4.78, 5) is 30.0. The Morgan fingerprint density at radius 2 is 1.91 bits per heavy atom. The number of anilines is 1. The van der Waals surface area contributed by atoms with Gasteiger partial charge in [0.05, 0.1) is 17.5 Å². The molecule has 9 nitrogen and oxygen atoms in total. The zero-order valence-electron chi connectivity index (χ0n) is 19.9. The Hall–Kier alpha value is -3.41. The predicted molar refractivity (Wildman–Crippen MR) is 124 cm³/mol. The minimum absolute atomic E-state index is 0.0284. The van der Waals surface area contributed by atoms with Crippen molar-refractivity contribution >= 4 is 17.8 Å². The first-order chi connectivity index (χ1) is 15.6. The number of alkyl carbamates (subject to hydrolysis) is 1. The minimum Gasteiger partial charge on any atom is -0.444 e. The number of hydrogen-bond donors (Lipinski definition) is 2. The van der Waals surface area contributed by atoms with E-state index >= 15 is 0 Å². The second kappa shape index (κ2) is 10.0. The zero-order chi connectivity index (χ0) is 24.2. The molecule has 3 rings (SSSR count). The standard InChI is InChI=1S/C24H32N6O3/c1-15-6-8-16(9-7-15)20(29-23(32)33-24(2,3)4)22(31)28-19-11-10-17(13-26-19)21-18(12-25)14-27-30(21)5/h10-11,13-16,20H,6-9H2,1-5H3,(H,29,32)(H,26,28,31)/t15?,16?,20-/m0/s1. The van der Waals surface area contributed by atoms with Gasteiger partial charge in [0.15, 0.2) is 0 Å². The minimum atomic E-state index is -0.712. The molecule has 2 N–H and O–H groups in total. The summed E-state index contributed by atoms with van der Waals surface area (Å²) in [6, 6.07) is 4.86. The molecule has 1 saturated carbocycles. The van der Waals surface area contributed by atoms with Crippen molar-refractivity contribution in [2.24, 2.45) is 18.9 Å². The van der Waals surface area contributed by atoms with E-state index in [2.05, 4.69) is 33.7 Å². The number of carbonyl (C=O) groups excluding carboxylic acids is 2. The van der Waals surface area contributed by atoms with E-state index < -0.39 is 17.7 Å². The van der Waals surface area contributed by atoms with Gasteiger partial charge in [0.25, 0.3) is 0 Å². The molecule has 33 heavy (non-hydrogen) atoms. The van der Waals surface area contributed by atoms with Crippen LogP contribution in [0.1, 0.15) is 58.9 Å². The number of amides is 2. The molecule has 0 saturated heterocycles. The largest absolute Gasteiger partial charge is 0.444 e. The highest BCUT2D eigenvalue weighted by molar-refractivity contribution is 5.96. The molecular formula is C24H32N6O3. The van der Waals surface area contributed by atoms with Gasteiger partial charge in [0, 0.05) is 18.8 Å². The highest BCUT2D eigenvalue weighted by Crippen LogP contribution is 2.31. The van der Waals surface area contributed by atoms with Crippen LogP contribution in [0.15, 0.2) is 24.5 Å². The quantitative estimate of drug-likeness (QED) is 0.707. The lowest BCUT2D eigenvalue weighted by Gasteiger charge is -2.32. The molecule has 0 bridgehead atoms. The molecule has 1 aliphatic carbocycles. The molecule has 0 aliphatic heterocycles. The highest BCUT2D eigenvalue weighted by atomic mass is 16.6. The normalized spacial score (nSPS) is 19.3. The number of nitriles is 1. The first-order valence-corrected chi connectivity index (χ1v) is 11.3. The zero-order valence-corrected chi connectivity index (χ0v) is 19.9. The van der Waals surface area contributed by atoms with E-state index in [4.69, 9.17) is 4.74 Å². The summed E-state index contributed by atoms with van der Waals surface area (Å²) in [5.74, 6) is 0.690. The van der Waals surface area contributed by atoms with Crippen LogP contribution in [0, 0.1) is 23.2 Å². The number of nitrogens with zero attached hydrogens (tertiary/aromatic N) is 4. The number of aryl methyl sites for hydroxylation is 1. The SMILES string of the molecule is CC1CCC([C@H](NC(=O)OC(C)(C)C)C(=O)Nc2ccc(-c3c(C#N)cnn3C)cn2)CC1. The lowest BCUT2D eigenvalue weighted by atomic mass is 9.79. The average Bonchev–Trinajstić information content (AvgIpc) is 3.12. The highest BCUT2D eigenvalue weighted by Gasteiger charge is 2.34. The van der Waals surface area contributed by atoms with E-state index in [-0.39, 0.29) is 11.8 Å². The maximum Gasteiger partial charge on any atom is 0.408 e. The molecule has 176 valence electrons. The number of carbonyl (C=O) groups is 2. The first-order valence-electron chi connectivity index (χ1n) is 11.3. The molecule has 1 aliphatic rings. The molecule has 0 radical (unpaired) electrons. The van der Waals surface area contributed by atoms with Crippen LogP contribution < -0.4 is 10.6 Å². The topological polar surface area (TPSA) is 122 Å². The second-order valence-corrected chi connectivity index (χ2v) is 9.71. The van der Waals surface area contributed by atoms with Crippen LogP contribution in [0.4, 0.5) is 10.6 Å². The van der Waals surface area contributed by atoms with Gasteiger partial charge in [-0.05, 0) is 57.6 Å². The molecule has 1 atom stereocenters. The third-order valence-electron chi connectivity index (χ3n) is 5.83. The van der Waals surface area contributed by atoms with Crippen LogP contribution >= 0.6 is 0 Å². The number of hydrogen-bond acceptors (Lipinski definition) is 6. The van der Waals surface area contributed by atoms with Crippen molar-refractivity contribution in [3.8, 4) is 17.3 Å². The fourth-order valence-electron chi connectivity index (χ4n) is 4.12. The van der Waals surface area contributed by atoms with E-state index in [0.717, 1.165) is 25.7 Å². The lowest BCUT2D eigenvalue weighted by Crippen LogP contribution is -2.50. The van der Waals surface area contributed by atoms with E-state index in [0.29, 0.717) is 28.6 Å². The summed E-state index contributed by atoms with van der Waals surface area (Å²) in [6.07, 6.45) is 6.24. The van der Waals surface area contributed by atoms with E-state index in [9.17, 15) is 14.9 Å². The van der Waals surface area contributed by atoms with Gasteiger partial charge in [0.1, 0.15) is 23.5 Å². The second-order valence-electron chi connectivity index (χ2n) is 9.71. The number of aromatic nitrogens is 3. The van der Waals surface area contributed by atoms with Crippen molar-refractivity contribution in [1.82, 2.24) is 20.1 Å². The van der Waals surface area contributed by atoms with Gasteiger partial charge in [-0.25, -0.2) is 9.78 Å². The maximum atomic E-state index is 13.2. The fourth-order valence-corrected chi connectivity index (χ4v) is 4.12. The summed E-state index contributed by atoms with van der Waals surface area (Å²) in [7, 11) is 1.75. The molecule has 0 unspecified atom stereocenters. The van der Waals surface area contributed by atoms with Crippen molar-refractivity contribution in [2.75, 3.05) is 5.32 Å². The number of ether oxygens (including phenoxy) is 1. The summed E-state index contributed by atoms with van der Waals surface area (Å²) in [5.41, 5.74) is 1.17. The molecule has 2 aromatic rings. The first kappa shape index (κ1) is 24.2. The summed E-state index contributed by atoms with van der Waals surface area (Å²) in [6.45, 7) is 7.57. The molecule has 2 aromatic heterocycles. The summed E-state index contributed by atoms with van der Waals surface area (Å²) < 4.78 is 7.00. The Balaban J connectivity index is 1.75. The van der Waals surface area contributed by atoms with E-state index in [1.54, 1.807) is 50.8 Å². The monoisotopic (exact) mass is 452 g/mol. The average molecular weight is 453 g/mol. The van der Waals surface area contributed by atoms with Crippen molar-refractivity contribution in [1.29, 1.82) is 5.26 Å². The lowest BCUT2D eigenvalue weighted by molar-refractivity contribution is -0.119. The molecule has 2 amide bonds. The van der Waals surface area contributed by atoms with Crippen molar-refractivity contribution < 1.29 is 14.3 Å². The Bertz CT molecular complexity index is 1020. The van der Waals surface area contributed by atoms with Crippen molar-refractivity contribution in [3.05, 3.63) is 30.1 Å². The molecule has 0 spiro atoms. The number of nitrogens with one attached hydrogen (secondary N) is 2. The third-order valence-corrected chi connectivity index (χ3v) is 5.83. The Labute approximate surface area is 194 Å². The number of pyridine rings is 1. The van der Waals surface area contributed by atoms with Crippen molar-refractivity contribution in [2.45, 2.75) is 65.0 Å². The molecule has 0 aromatic carbocycles. The van der Waals surface area contributed by atoms with Gasteiger partial charge < -0.3 is 15.4 Å². The van der Waals surface area contributed by atoms with Crippen LogP contribution in [0.25, 0.3) is 11.3 Å². The van der Waals surface area contributed by atoms with E-state index in [1.165, 1.54) is 6.20 Å². The summed E-state index contributed by atoms with van der Waals surface area (Å²) >= 11 is 0. The molecular weight excluding hydrogens is 420 g/mol.